The molecule has 0 heterocycles. The molecular weight excluding hydrogens is 266 g/mol. The average Bonchev–Trinajstić information content (AvgIpc) is 2.31. The van der Waals surface area contributed by atoms with Crippen molar-refractivity contribution in [2.45, 2.75) is 51.9 Å². The smallest absolute Gasteiger partial charge is 0.264 e. The third kappa shape index (κ3) is 15.1. The highest BCUT2D eigenvalue weighted by Gasteiger charge is 2.03. The first kappa shape index (κ1) is 18.1. The summed E-state index contributed by atoms with van der Waals surface area (Å²) in [7, 11) is -3.88. The topological polar surface area (TPSA) is 83.5 Å². The molecule has 0 radical (unpaired) electrons. The van der Waals surface area contributed by atoms with E-state index < -0.39 is 10.1 Å². The maximum atomic E-state index is 11.3. The lowest BCUT2D eigenvalue weighted by Gasteiger charge is -2.01. The van der Waals surface area contributed by atoms with Crippen LogP contribution in [-0.2, 0) is 14.9 Å². The van der Waals surface area contributed by atoms with Crippen molar-refractivity contribution >= 4 is 16.0 Å². The third-order valence-electron chi connectivity index (χ3n) is 2.62. The molecule has 0 spiro atoms. The van der Waals surface area contributed by atoms with E-state index in [0.717, 1.165) is 12.8 Å². The molecule has 0 aromatic heterocycles. The fraction of sp³-hybridized carbons (Fsp3) is 0.769. The molecule has 19 heavy (non-hydrogen) atoms. The first-order chi connectivity index (χ1) is 8.95. The monoisotopic (exact) mass is 291 g/mol. The molecule has 0 bridgehead atoms. The van der Waals surface area contributed by atoms with Gasteiger partial charge in [-0.3, -0.25) is 9.35 Å². The van der Waals surface area contributed by atoms with Crippen molar-refractivity contribution in [3.8, 4) is 0 Å². The van der Waals surface area contributed by atoms with Crippen LogP contribution in [0.1, 0.15) is 51.9 Å². The molecule has 112 valence electrons. The fourth-order valence-electron chi connectivity index (χ4n) is 1.56. The minimum Gasteiger partial charge on any atom is -0.353 e. The van der Waals surface area contributed by atoms with E-state index in [2.05, 4.69) is 12.2 Å². The van der Waals surface area contributed by atoms with Gasteiger partial charge in [-0.15, -0.1) is 0 Å². The predicted molar refractivity (Wildman–Crippen MR) is 76.6 cm³/mol. The average molecular weight is 291 g/mol. The first-order valence-electron chi connectivity index (χ1n) is 6.85. The SMILES string of the molecule is CCCCCC/C=C/C(=O)NCCCCS(=O)(=O)O. The number of carbonyl (C=O) groups excluding carboxylic acids is 1. The van der Waals surface area contributed by atoms with Crippen LogP contribution in [0.2, 0.25) is 0 Å². The molecule has 0 saturated heterocycles. The quantitative estimate of drug-likeness (QED) is 0.347. The fourth-order valence-corrected chi connectivity index (χ4v) is 2.13. The van der Waals surface area contributed by atoms with Gasteiger partial charge >= 0.3 is 0 Å². The van der Waals surface area contributed by atoms with Crippen LogP contribution in [0.15, 0.2) is 12.2 Å². The van der Waals surface area contributed by atoms with Crippen molar-refractivity contribution in [2.24, 2.45) is 0 Å². The van der Waals surface area contributed by atoms with E-state index in [1.807, 2.05) is 6.08 Å². The van der Waals surface area contributed by atoms with E-state index in [-0.39, 0.29) is 11.7 Å². The Kier molecular flexibility index (Phi) is 10.5. The summed E-state index contributed by atoms with van der Waals surface area (Å²) >= 11 is 0. The summed E-state index contributed by atoms with van der Waals surface area (Å²) in [5, 5.41) is 2.67. The second-order valence-electron chi connectivity index (χ2n) is 4.54. The molecule has 0 aromatic rings. The maximum absolute atomic E-state index is 11.3. The van der Waals surface area contributed by atoms with Crippen molar-refractivity contribution in [2.75, 3.05) is 12.3 Å². The summed E-state index contributed by atoms with van der Waals surface area (Å²) in [6.45, 7) is 2.58. The second-order valence-corrected chi connectivity index (χ2v) is 6.11. The standard InChI is InChI=1S/C13H25NO4S/c1-2-3-4-5-6-7-10-13(15)14-11-8-9-12-19(16,17)18/h7,10H,2-6,8-9,11-12H2,1H3,(H,14,15)(H,16,17,18)/b10-7+. The Labute approximate surface area is 116 Å². The van der Waals surface area contributed by atoms with Crippen molar-refractivity contribution in [3.63, 3.8) is 0 Å². The lowest BCUT2D eigenvalue weighted by molar-refractivity contribution is -0.116. The molecule has 0 unspecified atom stereocenters. The molecule has 0 rings (SSSR count). The van der Waals surface area contributed by atoms with Crippen LogP contribution in [0.25, 0.3) is 0 Å². The number of rotatable bonds is 11. The first-order valence-corrected chi connectivity index (χ1v) is 8.46. The zero-order chi connectivity index (χ0) is 14.6. The number of carbonyl (C=O) groups is 1. The molecular formula is C13H25NO4S. The van der Waals surface area contributed by atoms with Crippen molar-refractivity contribution < 1.29 is 17.8 Å². The van der Waals surface area contributed by atoms with Crippen LogP contribution in [0, 0.1) is 0 Å². The number of unbranched alkanes of at least 4 members (excludes halogenated alkanes) is 5. The summed E-state index contributed by atoms with van der Waals surface area (Å²) in [4.78, 5) is 11.3. The number of hydrogen-bond acceptors (Lipinski definition) is 3. The van der Waals surface area contributed by atoms with Gasteiger partial charge in [-0.25, -0.2) is 0 Å². The molecule has 0 aliphatic rings. The largest absolute Gasteiger partial charge is 0.353 e. The molecule has 5 nitrogen and oxygen atoms in total. The normalized spacial score (nSPS) is 11.9. The second kappa shape index (κ2) is 11.0. The number of nitrogens with one attached hydrogen (secondary N) is 1. The molecule has 0 saturated carbocycles. The Morgan fingerprint density at radius 1 is 1.16 bits per heavy atom. The van der Waals surface area contributed by atoms with E-state index in [1.54, 1.807) is 0 Å². The van der Waals surface area contributed by atoms with Gasteiger partial charge in [-0.05, 0) is 31.8 Å². The number of amides is 1. The maximum Gasteiger partial charge on any atom is 0.264 e. The van der Waals surface area contributed by atoms with Gasteiger partial charge in [0, 0.05) is 6.54 Å². The van der Waals surface area contributed by atoms with Gasteiger partial charge in [0.25, 0.3) is 10.1 Å². The van der Waals surface area contributed by atoms with Crippen LogP contribution in [-0.4, -0.2) is 31.2 Å². The molecule has 0 atom stereocenters. The Bertz CT molecular complexity index is 363. The van der Waals surface area contributed by atoms with Gasteiger partial charge in [-0.2, -0.15) is 8.42 Å². The van der Waals surface area contributed by atoms with Gasteiger partial charge in [0.1, 0.15) is 0 Å². The molecule has 2 N–H and O–H groups in total. The van der Waals surface area contributed by atoms with Crippen LogP contribution >= 0.6 is 0 Å². The zero-order valence-corrected chi connectivity index (χ0v) is 12.4. The Balaban J connectivity index is 3.46. The molecule has 0 aliphatic carbocycles. The Hall–Kier alpha value is -0.880. The summed E-state index contributed by atoms with van der Waals surface area (Å²) in [6, 6.07) is 0. The Morgan fingerprint density at radius 2 is 1.89 bits per heavy atom. The highest BCUT2D eigenvalue weighted by Crippen LogP contribution is 2.02. The van der Waals surface area contributed by atoms with Crippen molar-refractivity contribution in [1.82, 2.24) is 5.32 Å². The minimum atomic E-state index is -3.88. The van der Waals surface area contributed by atoms with Gasteiger partial charge < -0.3 is 5.32 Å². The molecule has 6 heteroatoms. The lowest BCUT2D eigenvalue weighted by atomic mass is 10.1. The molecule has 0 aliphatic heterocycles. The van der Waals surface area contributed by atoms with Gasteiger partial charge in [0.05, 0.1) is 5.75 Å². The van der Waals surface area contributed by atoms with Gasteiger partial charge in [0.2, 0.25) is 5.91 Å². The van der Waals surface area contributed by atoms with Crippen LogP contribution in [0.5, 0.6) is 0 Å². The van der Waals surface area contributed by atoms with E-state index in [4.69, 9.17) is 4.55 Å². The Morgan fingerprint density at radius 3 is 2.53 bits per heavy atom. The van der Waals surface area contributed by atoms with Crippen LogP contribution < -0.4 is 5.32 Å². The third-order valence-corrected chi connectivity index (χ3v) is 3.43. The van der Waals surface area contributed by atoms with E-state index in [0.29, 0.717) is 19.4 Å². The lowest BCUT2D eigenvalue weighted by Crippen LogP contribution is -2.22. The summed E-state index contributed by atoms with van der Waals surface area (Å²) < 4.78 is 29.4. The number of allylic oxidation sites excluding steroid dienone is 1. The molecule has 0 aromatic carbocycles. The summed E-state index contributed by atoms with van der Waals surface area (Å²) in [6.07, 6.45) is 9.91. The van der Waals surface area contributed by atoms with Gasteiger partial charge in [0.15, 0.2) is 0 Å². The van der Waals surface area contributed by atoms with E-state index in [1.165, 1.54) is 25.3 Å². The molecule has 1 amide bonds. The number of hydrogen-bond donors (Lipinski definition) is 2. The van der Waals surface area contributed by atoms with Gasteiger partial charge in [-0.1, -0.05) is 32.3 Å². The highest BCUT2D eigenvalue weighted by molar-refractivity contribution is 7.85. The van der Waals surface area contributed by atoms with Crippen molar-refractivity contribution in [3.05, 3.63) is 12.2 Å². The van der Waals surface area contributed by atoms with E-state index >= 15 is 0 Å². The molecule has 0 fully saturated rings. The van der Waals surface area contributed by atoms with Crippen LogP contribution in [0.3, 0.4) is 0 Å². The predicted octanol–water partition coefficient (Wildman–Crippen LogP) is 2.30. The van der Waals surface area contributed by atoms with E-state index in [9.17, 15) is 13.2 Å². The highest BCUT2D eigenvalue weighted by atomic mass is 32.2. The van der Waals surface area contributed by atoms with Crippen LogP contribution in [0.4, 0.5) is 0 Å². The zero-order valence-electron chi connectivity index (χ0n) is 11.6. The van der Waals surface area contributed by atoms with Crippen molar-refractivity contribution in [1.29, 1.82) is 0 Å². The summed E-state index contributed by atoms with van der Waals surface area (Å²) in [5.74, 6) is -0.404. The summed E-state index contributed by atoms with van der Waals surface area (Å²) in [5.41, 5.74) is 0. The minimum absolute atomic E-state index is 0.151.